The highest BCUT2D eigenvalue weighted by Gasteiger charge is 2.46. The van der Waals surface area contributed by atoms with E-state index in [9.17, 15) is 9.59 Å². The Morgan fingerprint density at radius 3 is 2.57 bits per heavy atom. The fraction of sp³-hybridized carbons (Fsp3) is 0.391. The number of hydrogen-bond donors (Lipinski definition) is 1. The van der Waals surface area contributed by atoms with Gasteiger partial charge in [-0.25, -0.2) is 0 Å². The summed E-state index contributed by atoms with van der Waals surface area (Å²) in [6, 6.07) is 10.8. The molecule has 2 aliphatic heterocycles. The van der Waals surface area contributed by atoms with E-state index in [1.54, 1.807) is 27.4 Å². The molecule has 0 radical (unpaired) electrons. The van der Waals surface area contributed by atoms with Gasteiger partial charge in [-0.1, -0.05) is 18.2 Å². The molecule has 1 N–H and O–H groups in total. The van der Waals surface area contributed by atoms with E-state index >= 15 is 0 Å². The fourth-order valence-electron chi connectivity index (χ4n) is 4.52. The zero-order chi connectivity index (χ0) is 21.3. The molecule has 7 heteroatoms. The number of fused-ring (bicyclic) bond motifs is 4. The van der Waals surface area contributed by atoms with Crippen LogP contribution in [-0.2, 0) is 16.0 Å². The quantitative estimate of drug-likeness (QED) is 0.740. The number of benzene rings is 2. The monoisotopic (exact) mass is 410 g/mol. The lowest BCUT2D eigenvalue weighted by atomic mass is 9.75. The molecule has 4 rings (SSSR count). The van der Waals surface area contributed by atoms with Crippen molar-refractivity contribution in [2.24, 2.45) is 0 Å². The Labute approximate surface area is 175 Å². The largest absolute Gasteiger partial charge is 0.493 e. The van der Waals surface area contributed by atoms with E-state index in [-0.39, 0.29) is 11.8 Å². The van der Waals surface area contributed by atoms with E-state index < -0.39 is 12.0 Å². The van der Waals surface area contributed by atoms with Crippen molar-refractivity contribution < 1.29 is 23.8 Å². The van der Waals surface area contributed by atoms with Gasteiger partial charge in [0.05, 0.1) is 32.8 Å². The maximum atomic E-state index is 13.3. The molecule has 0 saturated carbocycles. The Bertz CT molecular complexity index is 974. The zero-order valence-electron chi connectivity index (χ0n) is 17.4. The second kappa shape index (κ2) is 8.36. The first-order chi connectivity index (χ1) is 14.6. The zero-order valence-corrected chi connectivity index (χ0v) is 17.4. The van der Waals surface area contributed by atoms with Gasteiger partial charge in [0, 0.05) is 25.8 Å². The Balaban J connectivity index is 1.85. The minimum Gasteiger partial charge on any atom is -0.493 e. The summed E-state index contributed by atoms with van der Waals surface area (Å²) in [4.78, 5) is 28.4. The van der Waals surface area contributed by atoms with Gasteiger partial charge in [0.15, 0.2) is 11.5 Å². The summed E-state index contributed by atoms with van der Waals surface area (Å²) in [6.07, 6.45) is 0.693. The molecule has 0 aromatic heterocycles. The third-order valence-corrected chi connectivity index (χ3v) is 5.91. The van der Waals surface area contributed by atoms with Crippen molar-refractivity contribution in [1.82, 2.24) is 10.2 Å². The maximum Gasteiger partial charge on any atom is 0.254 e. The van der Waals surface area contributed by atoms with E-state index in [1.807, 2.05) is 35.2 Å². The minimum atomic E-state index is -0.520. The van der Waals surface area contributed by atoms with Crippen LogP contribution in [0.2, 0.25) is 0 Å². The second-order valence-corrected chi connectivity index (χ2v) is 7.45. The molecule has 0 unspecified atom stereocenters. The molecule has 2 aromatic rings. The van der Waals surface area contributed by atoms with Crippen LogP contribution in [-0.4, -0.2) is 57.7 Å². The van der Waals surface area contributed by atoms with Crippen molar-refractivity contribution in [3.05, 3.63) is 58.7 Å². The Morgan fingerprint density at radius 2 is 1.83 bits per heavy atom. The third kappa shape index (κ3) is 3.29. The highest BCUT2D eigenvalue weighted by atomic mass is 16.5. The van der Waals surface area contributed by atoms with Crippen LogP contribution in [0.25, 0.3) is 0 Å². The number of methoxy groups -OCH3 is 3. The fourth-order valence-corrected chi connectivity index (χ4v) is 4.52. The molecule has 2 atom stereocenters. The maximum absolute atomic E-state index is 13.3. The normalized spacial score (nSPS) is 19.4. The summed E-state index contributed by atoms with van der Waals surface area (Å²) < 4.78 is 16.0. The molecule has 30 heavy (non-hydrogen) atoms. The number of amides is 2. The van der Waals surface area contributed by atoms with Gasteiger partial charge in [-0.15, -0.1) is 0 Å². The second-order valence-electron chi connectivity index (χ2n) is 7.45. The average molecular weight is 410 g/mol. The summed E-state index contributed by atoms with van der Waals surface area (Å²) in [5.41, 5.74) is 3.33. The molecule has 0 aliphatic carbocycles. The number of carbonyl (C=O) groups excluding carboxylic acids is 2. The molecule has 0 spiro atoms. The molecule has 2 heterocycles. The minimum absolute atomic E-state index is 0.0445. The first-order valence-corrected chi connectivity index (χ1v) is 10.0. The summed E-state index contributed by atoms with van der Waals surface area (Å²) in [6.45, 7) is 1.38. The molecular weight excluding hydrogens is 384 g/mol. The van der Waals surface area contributed by atoms with Crippen molar-refractivity contribution in [3.63, 3.8) is 0 Å². The predicted octanol–water partition coefficient (Wildman–Crippen LogP) is 2.30. The molecule has 0 saturated heterocycles. The first kappa shape index (κ1) is 20.2. The molecule has 7 nitrogen and oxygen atoms in total. The Morgan fingerprint density at radius 1 is 1.10 bits per heavy atom. The van der Waals surface area contributed by atoms with Crippen LogP contribution in [0, 0.1) is 0 Å². The summed E-state index contributed by atoms with van der Waals surface area (Å²) in [7, 11) is 4.78. The molecule has 2 amide bonds. The molecule has 158 valence electrons. The summed E-state index contributed by atoms with van der Waals surface area (Å²) in [5.74, 6) is 0.547. The van der Waals surface area contributed by atoms with Gasteiger partial charge in [-0.2, -0.15) is 0 Å². The van der Waals surface area contributed by atoms with Crippen LogP contribution in [0.3, 0.4) is 0 Å². The van der Waals surface area contributed by atoms with Crippen LogP contribution >= 0.6 is 0 Å². The van der Waals surface area contributed by atoms with E-state index in [4.69, 9.17) is 14.2 Å². The first-order valence-electron chi connectivity index (χ1n) is 10.0. The SMILES string of the molecule is COCCNC(=O)[C@H]1c2ccccc2C(=O)N2CCc3cc(OC)c(OC)cc3[C@@H]12. The number of nitrogens with zero attached hydrogens (tertiary/aromatic N) is 1. The van der Waals surface area contributed by atoms with Crippen LogP contribution < -0.4 is 14.8 Å². The number of nitrogens with one attached hydrogen (secondary N) is 1. The highest BCUT2D eigenvalue weighted by Crippen LogP contribution is 2.48. The van der Waals surface area contributed by atoms with Crippen LogP contribution in [0.5, 0.6) is 11.5 Å². The lowest BCUT2D eigenvalue weighted by Gasteiger charge is -2.45. The van der Waals surface area contributed by atoms with E-state index in [2.05, 4.69) is 5.32 Å². The molecule has 2 aromatic carbocycles. The lowest BCUT2D eigenvalue weighted by Crippen LogP contribution is -2.50. The van der Waals surface area contributed by atoms with Crippen molar-refractivity contribution in [3.8, 4) is 11.5 Å². The van der Waals surface area contributed by atoms with Crippen LogP contribution in [0.15, 0.2) is 36.4 Å². The molecule has 2 aliphatic rings. The van der Waals surface area contributed by atoms with E-state index in [0.717, 1.165) is 16.7 Å². The van der Waals surface area contributed by atoms with Gasteiger partial charge >= 0.3 is 0 Å². The van der Waals surface area contributed by atoms with Gasteiger partial charge in [0.1, 0.15) is 0 Å². The van der Waals surface area contributed by atoms with Crippen LogP contribution in [0.4, 0.5) is 0 Å². The van der Waals surface area contributed by atoms with Gasteiger partial charge in [0.25, 0.3) is 5.91 Å². The standard InChI is InChI=1S/C23H26N2O5/c1-28-11-9-24-22(26)20-15-6-4-5-7-16(15)23(27)25-10-8-14-12-18(29-2)19(30-3)13-17(14)21(20)25/h4-7,12-13,20-21H,8-11H2,1-3H3,(H,24,26)/t20-,21-/m0/s1. The average Bonchev–Trinajstić information content (AvgIpc) is 2.78. The summed E-state index contributed by atoms with van der Waals surface area (Å²) >= 11 is 0. The van der Waals surface area contributed by atoms with Crippen molar-refractivity contribution in [1.29, 1.82) is 0 Å². The third-order valence-electron chi connectivity index (χ3n) is 5.91. The van der Waals surface area contributed by atoms with E-state index in [0.29, 0.717) is 43.2 Å². The van der Waals surface area contributed by atoms with Gasteiger partial charge < -0.3 is 24.4 Å². The number of hydrogen-bond acceptors (Lipinski definition) is 5. The topological polar surface area (TPSA) is 77.1 Å². The highest BCUT2D eigenvalue weighted by molar-refractivity contribution is 6.01. The van der Waals surface area contributed by atoms with Crippen molar-refractivity contribution >= 4 is 11.8 Å². The molecule has 0 fully saturated rings. The smallest absolute Gasteiger partial charge is 0.254 e. The van der Waals surface area contributed by atoms with Gasteiger partial charge in [0.2, 0.25) is 5.91 Å². The summed E-state index contributed by atoms with van der Waals surface area (Å²) in [5, 5.41) is 2.97. The Kier molecular flexibility index (Phi) is 5.63. The predicted molar refractivity (Wildman–Crippen MR) is 111 cm³/mol. The molecule has 0 bridgehead atoms. The lowest BCUT2D eigenvalue weighted by molar-refractivity contribution is -0.124. The van der Waals surface area contributed by atoms with Crippen molar-refractivity contribution in [2.75, 3.05) is 41.0 Å². The van der Waals surface area contributed by atoms with Crippen LogP contribution in [0.1, 0.15) is 39.0 Å². The number of ether oxygens (including phenoxy) is 3. The van der Waals surface area contributed by atoms with E-state index in [1.165, 1.54) is 0 Å². The molecular formula is C23H26N2O5. The van der Waals surface area contributed by atoms with Crippen molar-refractivity contribution in [2.45, 2.75) is 18.4 Å². The Hall–Kier alpha value is -3.06. The van der Waals surface area contributed by atoms with Gasteiger partial charge in [-0.05, 0) is 41.3 Å². The number of rotatable bonds is 6. The van der Waals surface area contributed by atoms with Gasteiger partial charge in [-0.3, -0.25) is 9.59 Å². The number of carbonyl (C=O) groups is 2.